The highest BCUT2D eigenvalue weighted by Gasteiger charge is 2.33. The van der Waals surface area contributed by atoms with Crippen molar-refractivity contribution in [3.05, 3.63) is 29.8 Å². The zero-order chi connectivity index (χ0) is 13.9. The Bertz CT molecular complexity index is 457. The van der Waals surface area contributed by atoms with Crippen LogP contribution in [0.5, 0.6) is 0 Å². The van der Waals surface area contributed by atoms with Gasteiger partial charge in [-0.1, -0.05) is 18.2 Å². The largest absolute Gasteiger partial charge is 0.465 e. The van der Waals surface area contributed by atoms with E-state index in [1.165, 1.54) is 11.3 Å². The predicted octanol–water partition coefficient (Wildman–Crippen LogP) is 1.72. The molecule has 1 aromatic rings. The molecule has 4 nitrogen and oxygen atoms in total. The molecule has 0 saturated heterocycles. The van der Waals surface area contributed by atoms with E-state index in [0.29, 0.717) is 13.2 Å². The topological polar surface area (TPSA) is 55.6 Å². The van der Waals surface area contributed by atoms with Crippen LogP contribution in [0.15, 0.2) is 24.3 Å². The van der Waals surface area contributed by atoms with Gasteiger partial charge in [0.25, 0.3) is 0 Å². The van der Waals surface area contributed by atoms with Crippen LogP contribution in [0.4, 0.5) is 5.69 Å². The molecule has 1 aliphatic heterocycles. The Morgan fingerprint density at radius 2 is 2.21 bits per heavy atom. The number of nitrogens with two attached hydrogens (primary N) is 1. The zero-order valence-electron chi connectivity index (χ0n) is 11.7. The highest BCUT2D eigenvalue weighted by atomic mass is 16.5. The first-order chi connectivity index (χ1) is 9.04. The average Bonchev–Trinajstić information content (AvgIpc) is 2.39. The molecule has 1 unspecified atom stereocenters. The molecule has 0 bridgehead atoms. The number of aryl methyl sites for hydroxylation is 1. The fourth-order valence-electron chi connectivity index (χ4n) is 2.53. The molecule has 0 spiro atoms. The van der Waals surface area contributed by atoms with Gasteiger partial charge in [0, 0.05) is 18.8 Å². The number of carbonyl (C=O) groups is 1. The SMILES string of the molecule is CCOC(=O)C(C)(N)CN1CCCc2ccccc21. The molecule has 0 fully saturated rings. The van der Waals surface area contributed by atoms with Gasteiger partial charge in [-0.15, -0.1) is 0 Å². The molecule has 1 aromatic carbocycles. The molecule has 0 aromatic heterocycles. The first-order valence-corrected chi connectivity index (χ1v) is 6.83. The lowest BCUT2D eigenvalue weighted by atomic mass is 9.97. The van der Waals surface area contributed by atoms with E-state index in [1.807, 2.05) is 6.07 Å². The summed E-state index contributed by atoms with van der Waals surface area (Å²) in [6, 6.07) is 8.31. The second kappa shape index (κ2) is 5.61. The third kappa shape index (κ3) is 3.07. The average molecular weight is 262 g/mol. The number of anilines is 1. The second-order valence-electron chi connectivity index (χ2n) is 5.29. The third-order valence-electron chi connectivity index (χ3n) is 3.47. The Hall–Kier alpha value is -1.55. The maximum atomic E-state index is 11.9. The standard InChI is InChI=1S/C15H22N2O2/c1-3-19-14(18)15(2,16)11-17-10-6-8-12-7-4-5-9-13(12)17/h4-5,7,9H,3,6,8,10-11,16H2,1-2H3. The molecular formula is C15H22N2O2. The van der Waals surface area contributed by atoms with Gasteiger partial charge in [-0.3, -0.25) is 0 Å². The normalized spacial score (nSPS) is 17.5. The van der Waals surface area contributed by atoms with Crippen molar-refractivity contribution in [2.75, 3.05) is 24.6 Å². The molecule has 0 radical (unpaired) electrons. The van der Waals surface area contributed by atoms with Crippen LogP contribution >= 0.6 is 0 Å². The summed E-state index contributed by atoms with van der Waals surface area (Å²) in [5.74, 6) is -0.335. The lowest BCUT2D eigenvalue weighted by molar-refractivity contribution is -0.148. The molecule has 0 aliphatic carbocycles. The third-order valence-corrected chi connectivity index (χ3v) is 3.47. The van der Waals surface area contributed by atoms with E-state index in [4.69, 9.17) is 10.5 Å². The van der Waals surface area contributed by atoms with Gasteiger partial charge in [-0.2, -0.15) is 0 Å². The van der Waals surface area contributed by atoms with Crippen molar-refractivity contribution in [2.45, 2.75) is 32.2 Å². The number of benzene rings is 1. The predicted molar refractivity (Wildman–Crippen MR) is 76.2 cm³/mol. The Balaban J connectivity index is 2.14. The van der Waals surface area contributed by atoms with Crippen molar-refractivity contribution in [3.63, 3.8) is 0 Å². The Kier molecular flexibility index (Phi) is 4.10. The number of rotatable bonds is 4. The van der Waals surface area contributed by atoms with Gasteiger partial charge >= 0.3 is 5.97 Å². The van der Waals surface area contributed by atoms with Crippen molar-refractivity contribution >= 4 is 11.7 Å². The molecule has 2 N–H and O–H groups in total. The number of esters is 1. The Labute approximate surface area is 114 Å². The maximum absolute atomic E-state index is 11.9. The van der Waals surface area contributed by atoms with Crippen LogP contribution in [-0.4, -0.2) is 31.2 Å². The fraction of sp³-hybridized carbons (Fsp3) is 0.533. The summed E-state index contributed by atoms with van der Waals surface area (Å²) >= 11 is 0. The number of para-hydroxylation sites is 1. The van der Waals surface area contributed by atoms with Gasteiger partial charge in [0.15, 0.2) is 0 Å². The highest BCUT2D eigenvalue weighted by Crippen LogP contribution is 2.27. The second-order valence-corrected chi connectivity index (χ2v) is 5.29. The molecule has 0 saturated carbocycles. The lowest BCUT2D eigenvalue weighted by Gasteiger charge is -2.36. The number of hydrogen-bond donors (Lipinski definition) is 1. The van der Waals surface area contributed by atoms with E-state index in [2.05, 4.69) is 23.1 Å². The number of hydrogen-bond acceptors (Lipinski definition) is 4. The Morgan fingerprint density at radius 3 is 2.95 bits per heavy atom. The number of fused-ring (bicyclic) bond motifs is 1. The minimum Gasteiger partial charge on any atom is -0.465 e. The number of nitrogens with zero attached hydrogens (tertiary/aromatic N) is 1. The summed E-state index contributed by atoms with van der Waals surface area (Å²) in [6.07, 6.45) is 2.18. The summed E-state index contributed by atoms with van der Waals surface area (Å²) in [4.78, 5) is 14.1. The summed E-state index contributed by atoms with van der Waals surface area (Å²) in [5, 5.41) is 0. The van der Waals surface area contributed by atoms with Gasteiger partial charge in [0.05, 0.1) is 6.61 Å². The molecular weight excluding hydrogens is 240 g/mol. The van der Waals surface area contributed by atoms with Gasteiger partial charge in [0.2, 0.25) is 0 Å². The van der Waals surface area contributed by atoms with Crippen LogP contribution in [0.1, 0.15) is 25.8 Å². The monoisotopic (exact) mass is 262 g/mol. The summed E-state index contributed by atoms with van der Waals surface area (Å²) < 4.78 is 5.05. The Morgan fingerprint density at radius 1 is 1.47 bits per heavy atom. The molecule has 1 heterocycles. The minimum absolute atomic E-state index is 0.335. The van der Waals surface area contributed by atoms with Crippen LogP contribution in [0.3, 0.4) is 0 Å². The van der Waals surface area contributed by atoms with Crippen LogP contribution in [0.2, 0.25) is 0 Å². The van der Waals surface area contributed by atoms with E-state index in [0.717, 1.165) is 19.4 Å². The van der Waals surface area contributed by atoms with Crippen LogP contribution in [0, 0.1) is 0 Å². The molecule has 2 rings (SSSR count). The maximum Gasteiger partial charge on any atom is 0.327 e. The first-order valence-electron chi connectivity index (χ1n) is 6.83. The fourth-order valence-corrected chi connectivity index (χ4v) is 2.53. The van der Waals surface area contributed by atoms with E-state index in [9.17, 15) is 4.79 Å². The van der Waals surface area contributed by atoms with E-state index in [1.54, 1.807) is 13.8 Å². The highest BCUT2D eigenvalue weighted by molar-refractivity contribution is 5.81. The number of carbonyl (C=O) groups excluding carboxylic acids is 1. The van der Waals surface area contributed by atoms with Crippen LogP contribution in [0.25, 0.3) is 0 Å². The van der Waals surface area contributed by atoms with Crippen molar-refractivity contribution in [3.8, 4) is 0 Å². The van der Waals surface area contributed by atoms with Crippen molar-refractivity contribution < 1.29 is 9.53 Å². The quantitative estimate of drug-likeness (QED) is 0.839. The molecule has 19 heavy (non-hydrogen) atoms. The minimum atomic E-state index is -0.972. The number of ether oxygens (including phenoxy) is 1. The molecule has 1 aliphatic rings. The van der Waals surface area contributed by atoms with E-state index < -0.39 is 5.54 Å². The van der Waals surface area contributed by atoms with Crippen molar-refractivity contribution in [1.29, 1.82) is 0 Å². The van der Waals surface area contributed by atoms with E-state index in [-0.39, 0.29) is 5.97 Å². The lowest BCUT2D eigenvalue weighted by Crippen LogP contribution is -2.55. The molecule has 0 amide bonds. The van der Waals surface area contributed by atoms with Gasteiger partial charge < -0.3 is 15.4 Å². The van der Waals surface area contributed by atoms with Crippen molar-refractivity contribution in [2.24, 2.45) is 5.73 Å². The molecule has 1 atom stereocenters. The molecule has 104 valence electrons. The summed E-state index contributed by atoms with van der Waals surface area (Å²) in [6.45, 7) is 5.32. The summed E-state index contributed by atoms with van der Waals surface area (Å²) in [5.41, 5.74) is 7.66. The van der Waals surface area contributed by atoms with Gasteiger partial charge in [-0.25, -0.2) is 4.79 Å². The zero-order valence-corrected chi connectivity index (χ0v) is 11.7. The van der Waals surface area contributed by atoms with Crippen LogP contribution < -0.4 is 10.6 Å². The van der Waals surface area contributed by atoms with E-state index >= 15 is 0 Å². The van der Waals surface area contributed by atoms with Gasteiger partial charge in [-0.05, 0) is 38.3 Å². The molecule has 4 heteroatoms. The van der Waals surface area contributed by atoms with Crippen LogP contribution in [-0.2, 0) is 16.0 Å². The first kappa shape index (κ1) is 13.9. The summed E-state index contributed by atoms with van der Waals surface area (Å²) in [7, 11) is 0. The van der Waals surface area contributed by atoms with Gasteiger partial charge in [0.1, 0.15) is 5.54 Å². The van der Waals surface area contributed by atoms with Crippen molar-refractivity contribution in [1.82, 2.24) is 0 Å². The smallest absolute Gasteiger partial charge is 0.327 e.